The summed E-state index contributed by atoms with van der Waals surface area (Å²) in [4.78, 5) is 0. The summed E-state index contributed by atoms with van der Waals surface area (Å²) >= 11 is 1.45. The highest BCUT2D eigenvalue weighted by Crippen LogP contribution is 2.24. The molecule has 0 saturated heterocycles. The van der Waals surface area contributed by atoms with Gasteiger partial charge in [0.25, 0.3) is 5.19 Å². The Morgan fingerprint density at radius 1 is 1.42 bits per heavy atom. The van der Waals surface area contributed by atoms with E-state index < -0.39 is 0 Å². The Labute approximate surface area is 116 Å². The van der Waals surface area contributed by atoms with Crippen LogP contribution < -0.4 is 10.1 Å². The Balaban J connectivity index is 1.86. The zero-order chi connectivity index (χ0) is 13.7. The molecule has 0 aliphatic carbocycles. The summed E-state index contributed by atoms with van der Waals surface area (Å²) in [6.45, 7) is 8.90. The van der Waals surface area contributed by atoms with Crippen molar-refractivity contribution in [3.63, 3.8) is 0 Å². The van der Waals surface area contributed by atoms with Crippen LogP contribution in [0.5, 0.6) is 10.9 Å². The van der Waals surface area contributed by atoms with E-state index in [9.17, 15) is 0 Å². The van der Waals surface area contributed by atoms with E-state index in [0.29, 0.717) is 16.9 Å². The molecule has 19 heavy (non-hydrogen) atoms. The summed E-state index contributed by atoms with van der Waals surface area (Å²) in [5.74, 6) is 1.32. The first-order valence-electron chi connectivity index (χ1n) is 6.40. The number of hydrogen-bond acceptors (Lipinski definition) is 6. The second kappa shape index (κ2) is 6.63. The van der Waals surface area contributed by atoms with Gasteiger partial charge in [-0.25, -0.2) is 0 Å². The molecule has 2 rings (SSSR count). The van der Waals surface area contributed by atoms with E-state index in [1.807, 2.05) is 17.8 Å². The van der Waals surface area contributed by atoms with Crippen LogP contribution in [-0.4, -0.2) is 26.5 Å². The van der Waals surface area contributed by atoms with Crippen LogP contribution in [0.15, 0.2) is 12.4 Å². The second-order valence-corrected chi connectivity index (χ2v) is 5.64. The number of nitrogens with zero attached hydrogens (tertiary/aromatic N) is 4. The predicted molar refractivity (Wildman–Crippen MR) is 74.4 cm³/mol. The van der Waals surface area contributed by atoms with E-state index in [4.69, 9.17) is 4.74 Å². The molecular weight excluding hydrogens is 262 g/mol. The lowest BCUT2D eigenvalue weighted by molar-refractivity contribution is 0.471. The van der Waals surface area contributed by atoms with Crippen LogP contribution in [0.4, 0.5) is 0 Å². The maximum atomic E-state index is 5.60. The topological polar surface area (TPSA) is 64.9 Å². The van der Waals surface area contributed by atoms with Crippen molar-refractivity contribution in [2.24, 2.45) is 5.92 Å². The summed E-state index contributed by atoms with van der Waals surface area (Å²) < 4.78 is 7.41. The standard InChI is InChI=1S/C12H19N5OS/c1-4-17-8-10(6-14-17)18-12-16-15-11(19-12)7-13-5-9(2)3/h6,8-9,13H,4-5,7H2,1-3H3. The van der Waals surface area contributed by atoms with Gasteiger partial charge in [-0.2, -0.15) is 5.10 Å². The van der Waals surface area contributed by atoms with Gasteiger partial charge in [0.15, 0.2) is 5.75 Å². The first-order chi connectivity index (χ1) is 9.17. The minimum Gasteiger partial charge on any atom is -0.426 e. The van der Waals surface area contributed by atoms with Gasteiger partial charge in [0.05, 0.1) is 12.4 Å². The van der Waals surface area contributed by atoms with Crippen molar-refractivity contribution in [1.82, 2.24) is 25.3 Å². The summed E-state index contributed by atoms with van der Waals surface area (Å²) in [6.07, 6.45) is 3.53. The van der Waals surface area contributed by atoms with E-state index >= 15 is 0 Å². The predicted octanol–water partition coefficient (Wildman–Crippen LogP) is 2.29. The summed E-state index contributed by atoms with van der Waals surface area (Å²) in [5, 5.41) is 17.1. The number of hydrogen-bond donors (Lipinski definition) is 1. The molecule has 0 fully saturated rings. The fraction of sp³-hybridized carbons (Fsp3) is 0.583. The van der Waals surface area contributed by atoms with E-state index in [2.05, 4.69) is 34.5 Å². The third-order valence-corrected chi connectivity index (χ3v) is 3.22. The quantitative estimate of drug-likeness (QED) is 0.843. The molecular formula is C12H19N5OS. The van der Waals surface area contributed by atoms with Gasteiger partial charge >= 0.3 is 0 Å². The Morgan fingerprint density at radius 2 is 2.26 bits per heavy atom. The lowest BCUT2D eigenvalue weighted by Gasteiger charge is -2.03. The van der Waals surface area contributed by atoms with Crippen molar-refractivity contribution in [2.75, 3.05) is 6.54 Å². The van der Waals surface area contributed by atoms with E-state index in [1.54, 1.807) is 6.20 Å². The molecule has 0 saturated carbocycles. The van der Waals surface area contributed by atoms with Crippen molar-refractivity contribution in [3.05, 3.63) is 17.4 Å². The average molecular weight is 281 g/mol. The Kier molecular flexibility index (Phi) is 4.86. The van der Waals surface area contributed by atoms with E-state index in [-0.39, 0.29) is 0 Å². The lowest BCUT2D eigenvalue weighted by Crippen LogP contribution is -2.18. The Morgan fingerprint density at radius 3 is 2.95 bits per heavy atom. The number of rotatable bonds is 7. The van der Waals surface area contributed by atoms with Crippen LogP contribution in [0.1, 0.15) is 25.8 Å². The largest absolute Gasteiger partial charge is 0.426 e. The van der Waals surface area contributed by atoms with Crippen LogP contribution in [0.2, 0.25) is 0 Å². The van der Waals surface area contributed by atoms with Crippen molar-refractivity contribution >= 4 is 11.3 Å². The van der Waals surface area contributed by atoms with E-state index in [1.165, 1.54) is 11.3 Å². The van der Waals surface area contributed by atoms with Crippen LogP contribution >= 0.6 is 11.3 Å². The summed E-state index contributed by atoms with van der Waals surface area (Å²) in [5.41, 5.74) is 0. The third-order valence-electron chi connectivity index (χ3n) is 2.42. The summed E-state index contributed by atoms with van der Waals surface area (Å²) in [7, 11) is 0. The van der Waals surface area contributed by atoms with Gasteiger partial charge in [0.1, 0.15) is 5.01 Å². The van der Waals surface area contributed by atoms with Gasteiger partial charge in [0.2, 0.25) is 0 Å². The van der Waals surface area contributed by atoms with Gasteiger partial charge in [0, 0.05) is 13.1 Å². The highest BCUT2D eigenvalue weighted by atomic mass is 32.1. The Bertz CT molecular complexity index is 508. The van der Waals surface area contributed by atoms with Crippen molar-refractivity contribution in [1.29, 1.82) is 0 Å². The maximum absolute atomic E-state index is 5.60. The maximum Gasteiger partial charge on any atom is 0.299 e. The molecule has 104 valence electrons. The average Bonchev–Trinajstić information content (AvgIpc) is 2.99. The molecule has 7 heteroatoms. The van der Waals surface area contributed by atoms with Crippen molar-refractivity contribution in [3.8, 4) is 10.9 Å². The van der Waals surface area contributed by atoms with Crippen LogP contribution in [0.25, 0.3) is 0 Å². The van der Waals surface area contributed by atoms with Crippen molar-refractivity contribution in [2.45, 2.75) is 33.9 Å². The molecule has 0 aliphatic rings. The summed E-state index contributed by atoms with van der Waals surface area (Å²) in [6, 6.07) is 0. The highest BCUT2D eigenvalue weighted by molar-refractivity contribution is 7.13. The lowest BCUT2D eigenvalue weighted by atomic mass is 10.2. The van der Waals surface area contributed by atoms with Gasteiger partial charge in [-0.05, 0) is 19.4 Å². The first kappa shape index (κ1) is 14.0. The smallest absolute Gasteiger partial charge is 0.299 e. The SMILES string of the molecule is CCn1cc(Oc2nnc(CNCC(C)C)s2)cn1. The zero-order valence-electron chi connectivity index (χ0n) is 11.5. The molecule has 0 atom stereocenters. The van der Waals surface area contributed by atoms with Crippen molar-refractivity contribution < 1.29 is 4.74 Å². The van der Waals surface area contributed by atoms with Gasteiger partial charge in [-0.3, -0.25) is 4.68 Å². The second-order valence-electron chi connectivity index (χ2n) is 4.62. The highest BCUT2D eigenvalue weighted by Gasteiger charge is 2.07. The van der Waals surface area contributed by atoms with Gasteiger partial charge in [-0.1, -0.05) is 30.3 Å². The van der Waals surface area contributed by atoms with Gasteiger partial charge in [-0.15, -0.1) is 5.10 Å². The van der Waals surface area contributed by atoms with Crippen LogP contribution in [-0.2, 0) is 13.1 Å². The molecule has 2 aromatic heterocycles. The molecule has 0 spiro atoms. The molecule has 2 heterocycles. The molecule has 6 nitrogen and oxygen atoms in total. The minimum absolute atomic E-state index is 0.553. The third kappa shape index (κ3) is 4.29. The molecule has 0 unspecified atom stereocenters. The molecule has 0 aromatic carbocycles. The molecule has 0 aliphatic heterocycles. The van der Waals surface area contributed by atoms with Gasteiger partial charge < -0.3 is 10.1 Å². The minimum atomic E-state index is 0.553. The normalized spacial score (nSPS) is 11.2. The molecule has 2 aromatic rings. The number of ether oxygens (including phenoxy) is 1. The zero-order valence-corrected chi connectivity index (χ0v) is 12.3. The number of aromatic nitrogens is 4. The fourth-order valence-corrected chi connectivity index (χ4v) is 2.17. The number of nitrogens with one attached hydrogen (secondary N) is 1. The Hall–Kier alpha value is -1.47. The monoisotopic (exact) mass is 281 g/mol. The fourth-order valence-electron chi connectivity index (χ4n) is 1.49. The molecule has 1 N–H and O–H groups in total. The molecule has 0 radical (unpaired) electrons. The van der Waals surface area contributed by atoms with Crippen LogP contribution in [0, 0.1) is 5.92 Å². The number of aryl methyl sites for hydroxylation is 1. The molecule has 0 bridgehead atoms. The first-order valence-corrected chi connectivity index (χ1v) is 7.22. The molecule has 0 amide bonds. The van der Waals surface area contributed by atoms with Crippen LogP contribution in [0.3, 0.4) is 0 Å². The van der Waals surface area contributed by atoms with E-state index in [0.717, 1.165) is 24.6 Å².